The van der Waals surface area contributed by atoms with Crippen LogP contribution >= 0.6 is 0 Å². The third-order valence-corrected chi connectivity index (χ3v) is 5.66. The van der Waals surface area contributed by atoms with Crippen LogP contribution in [0.3, 0.4) is 0 Å². The first-order valence-electron chi connectivity index (χ1n) is 10.6. The second kappa shape index (κ2) is 9.19. The predicted octanol–water partition coefficient (Wildman–Crippen LogP) is 3.52. The molecule has 1 fully saturated rings. The molecule has 1 aromatic heterocycles. The molecule has 1 amide bonds. The lowest BCUT2D eigenvalue weighted by Gasteiger charge is -2.34. The molecule has 172 valence electrons. The average Bonchev–Trinajstić information content (AvgIpc) is 2.80. The molecule has 6 nitrogen and oxygen atoms in total. The second-order valence-corrected chi connectivity index (χ2v) is 8.01. The van der Waals surface area contributed by atoms with Crippen molar-refractivity contribution in [1.82, 2.24) is 19.6 Å². The first-order chi connectivity index (χ1) is 15.7. The Morgan fingerprint density at radius 2 is 1.61 bits per heavy atom. The molecule has 0 radical (unpaired) electrons. The number of amides is 1. The minimum Gasteiger partial charge on any atom is -0.335 e. The molecule has 0 spiro atoms. The molecule has 33 heavy (non-hydrogen) atoms. The minimum atomic E-state index is -4.35. The molecule has 3 aromatic rings. The zero-order valence-electron chi connectivity index (χ0n) is 18.0. The van der Waals surface area contributed by atoms with E-state index >= 15 is 0 Å². The number of hydrogen-bond acceptors (Lipinski definition) is 4. The average molecular weight is 456 g/mol. The van der Waals surface area contributed by atoms with E-state index in [0.29, 0.717) is 38.4 Å². The zero-order valence-corrected chi connectivity index (χ0v) is 18.0. The van der Waals surface area contributed by atoms with Crippen molar-refractivity contribution in [1.29, 1.82) is 0 Å². The molecule has 0 N–H and O–H groups in total. The Labute approximate surface area is 188 Å². The van der Waals surface area contributed by atoms with E-state index < -0.39 is 23.1 Å². The first-order valence-corrected chi connectivity index (χ1v) is 10.6. The molecule has 2 heterocycles. The number of aromatic nitrogens is 2. The van der Waals surface area contributed by atoms with Gasteiger partial charge < -0.3 is 4.90 Å². The maximum atomic E-state index is 13.0. The standard InChI is InChI=1S/C24H23F3N4O2/c1-17-15-21(32)22(28-31(17)20-5-3-2-4-6-20)23(33)30-13-11-29(12-14-30)16-18-7-9-19(10-8-18)24(25,26)27/h2-10,15H,11-14,16H2,1H3. The van der Waals surface area contributed by atoms with Gasteiger partial charge in [-0.15, -0.1) is 0 Å². The fourth-order valence-electron chi connectivity index (χ4n) is 3.84. The lowest BCUT2D eigenvalue weighted by atomic mass is 10.1. The lowest BCUT2D eigenvalue weighted by Crippen LogP contribution is -2.49. The molecule has 2 aromatic carbocycles. The van der Waals surface area contributed by atoms with Crippen LogP contribution in [0.2, 0.25) is 0 Å². The summed E-state index contributed by atoms with van der Waals surface area (Å²) in [7, 11) is 0. The van der Waals surface area contributed by atoms with E-state index in [9.17, 15) is 22.8 Å². The molecule has 4 rings (SSSR count). The van der Waals surface area contributed by atoms with Crippen LogP contribution in [-0.2, 0) is 12.7 Å². The molecule has 0 bridgehead atoms. The quantitative estimate of drug-likeness (QED) is 0.603. The van der Waals surface area contributed by atoms with Crippen LogP contribution in [0.4, 0.5) is 13.2 Å². The number of para-hydroxylation sites is 1. The lowest BCUT2D eigenvalue weighted by molar-refractivity contribution is -0.137. The van der Waals surface area contributed by atoms with Gasteiger partial charge in [-0.25, -0.2) is 4.68 Å². The molecule has 0 atom stereocenters. The molecular formula is C24H23F3N4O2. The summed E-state index contributed by atoms with van der Waals surface area (Å²) in [6.45, 7) is 4.15. The van der Waals surface area contributed by atoms with Gasteiger partial charge in [0, 0.05) is 44.5 Å². The Kier molecular flexibility index (Phi) is 6.33. The van der Waals surface area contributed by atoms with Crippen LogP contribution in [0, 0.1) is 6.92 Å². The number of alkyl halides is 3. The van der Waals surface area contributed by atoms with Gasteiger partial charge in [0.25, 0.3) is 5.91 Å². The van der Waals surface area contributed by atoms with Crippen molar-refractivity contribution in [2.24, 2.45) is 0 Å². The van der Waals surface area contributed by atoms with Gasteiger partial charge in [0.15, 0.2) is 5.69 Å². The number of piperazine rings is 1. The highest BCUT2D eigenvalue weighted by Crippen LogP contribution is 2.29. The number of carbonyl (C=O) groups is 1. The van der Waals surface area contributed by atoms with E-state index in [4.69, 9.17) is 0 Å². The summed E-state index contributed by atoms with van der Waals surface area (Å²) in [4.78, 5) is 29.2. The summed E-state index contributed by atoms with van der Waals surface area (Å²) in [5.41, 5.74) is 0.939. The van der Waals surface area contributed by atoms with Crippen molar-refractivity contribution in [3.05, 3.63) is 93.4 Å². The van der Waals surface area contributed by atoms with E-state index in [1.165, 1.54) is 18.2 Å². The van der Waals surface area contributed by atoms with Gasteiger partial charge in [-0.3, -0.25) is 14.5 Å². The number of nitrogens with zero attached hydrogens (tertiary/aromatic N) is 4. The van der Waals surface area contributed by atoms with E-state index in [-0.39, 0.29) is 5.69 Å². The van der Waals surface area contributed by atoms with Crippen molar-refractivity contribution in [3.8, 4) is 5.69 Å². The maximum Gasteiger partial charge on any atom is 0.416 e. The smallest absolute Gasteiger partial charge is 0.335 e. The van der Waals surface area contributed by atoms with Crippen LogP contribution in [0.25, 0.3) is 5.69 Å². The summed E-state index contributed by atoms with van der Waals surface area (Å²) in [5.74, 6) is -0.418. The van der Waals surface area contributed by atoms with E-state index in [0.717, 1.165) is 23.4 Å². The predicted molar refractivity (Wildman–Crippen MR) is 117 cm³/mol. The van der Waals surface area contributed by atoms with E-state index in [2.05, 4.69) is 10.00 Å². The maximum absolute atomic E-state index is 13.0. The zero-order chi connectivity index (χ0) is 23.6. The SMILES string of the molecule is Cc1cc(=O)c(C(=O)N2CCN(Cc3ccc(C(F)(F)F)cc3)CC2)nn1-c1ccccc1. The number of benzene rings is 2. The minimum absolute atomic E-state index is 0.124. The fraction of sp³-hybridized carbons (Fsp3) is 0.292. The summed E-state index contributed by atoms with van der Waals surface area (Å²) < 4.78 is 39.8. The van der Waals surface area contributed by atoms with Gasteiger partial charge in [-0.2, -0.15) is 18.3 Å². The van der Waals surface area contributed by atoms with Gasteiger partial charge in [0.05, 0.1) is 11.3 Å². The number of aryl methyl sites for hydroxylation is 1. The third-order valence-electron chi connectivity index (χ3n) is 5.66. The van der Waals surface area contributed by atoms with Crippen LogP contribution in [0.1, 0.15) is 27.3 Å². The Bertz CT molecular complexity index is 1180. The van der Waals surface area contributed by atoms with E-state index in [1.54, 1.807) is 16.5 Å². The molecule has 0 saturated carbocycles. The summed E-state index contributed by atoms with van der Waals surface area (Å²) in [5, 5.41) is 4.34. The Balaban J connectivity index is 1.42. The van der Waals surface area contributed by atoms with Gasteiger partial charge in [0.2, 0.25) is 5.43 Å². The van der Waals surface area contributed by atoms with Crippen molar-refractivity contribution in [2.45, 2.75) is 19.6 Å². The van der Waals surface area contributed by atoms with E-state index in [1.807, 2.05) is 30.3 Å². The van der Waals surface area contributed by atoms with Crippen LogP contribution in [0.15, 0.2) is 65.5 Å². The molecule has 1 aliphatic heterocycles. The number of carbonyl (C=O) groups excluding carboxylic acids is 1. The molecular weight excluding hydrogens is 433 g/mol. The normalized spacial score (nSPS) is 15.0. The van der Waals surface area contributed by atoms with Gasteiger partial charge in [-0.1, -0.05) is 30.3 Å². The molecule has 0 unspecified atom stereocenters. The number of hydrogen-bond donors (Lipinski definition) is 0. The van der Waals surface area contributed by atoms with Crippen molar-refractivity contribution >= 4 is 5.91 Å². The highest BCUT2D eigenvalue weighted by molar-refractivity contribution is 5.92. The Hall–Kier alpha value is -3.46. The highest BCUT2D eigenvalue weighted by Gasteiger charge is 2.30. The molecule has 1 aliphatic rings. The topological polar surface area (TPSA) is 58.4 Å². The van der Waals surface area contributed by atoms with Crippen LogP contribution < -0.4 is 5.43 Å². The number of rotatable bonds is 4. The molecule has 1 saturated heterocycles. The second-order valence-electron chi connectivity index (χ2n) is 8.01. The summed E-state index contributed by atoms with van der Waals surface area (Å²) >= 11 is 0. The van der Waals surface area contributed by atoms with Gasteiger partial charge in [0.1, 0.15) is 0 Å². The largest absolute Gasteiger partial charge is 0.416 e. The fourth-order valence-corrected chi connectivity index (χ4v) is 3.84. The molecule has 9 heteroatoms. The third kappa shape index (κ3) is 5.14. The molecule has 0 aliphatic carbocycles. The van der Waals surface area contributed by atoms with Crippen LogP contribution in [0.5, 0.6) is 0 Å². The number of halogens is 3. The first kappa shape index (κ1) is 22.7. The highest BCUT2D eigenvalue weighted by atomic mass is 19.4. The monoisotopic (exact) mass is 456 g/mol. The van der Waals surface area contributed by atoms with Crippen molar-refractivity contribution in [2.75, 3.05) is 26.2 Å². The Morgan fingerprint density at radius 1 is 0.970 bits per heavy atom. The summed E-state index contributed by atoms with van der Waals surface area (Å²) in [6.07, 6.45) is -4.35. The van der Waals surface area contributed by atoms with Crippen molar-refractivity contribution in [3.63, 3.8) is 0 Å². The van der Waals surface area contributed by atoms with Gasteiger partial charge >= 0.3 is 6.18 Å². The summed E-state index contributed by atoms with van der Waals surface area (Å²) in [6, 6.07) is 15.8. The Morgan fingerprint density at radius 3 is 2.21 bits per heavy atom. The van der Waals surface area contributed by atoms with Crippen molar-refractivity contribution < 1.29 is 18.0 Å². The van der Waals surface area contributed by atoms with Crippen LogP contribution in [-0.4, -0.2) is 51.7 Å². The van der Waals surface area contributed by atoms with Gasteiger partial charge in [-0.05, 0) is 36.8 Å².